The SMILES string of the molecule is COc1ncc(Oc2cccc(C(F)(F)F)c2)c2c1CCCC2. The Morgan fingerprint density at radius 2 is 1.83 bits per heavy atom. The second kappa shape index (κ2) is 6.10. The molecule has 0 spiro atoms. The molecule has 23 heavy (non-hydrogen) atoms. The third-order valence-corrected chi connectivity index (χ3v) is 3.90. The summed E-state index contributed by atoms with van der Waals surface area (Å²) in [4.78, 5) is 4.21. The molecule has 1 aliphatic rings. The predicted octanol–water partition coefficient (Wildman–Crippen LogP) is 4.78. The van der Waals surface area contributed by atoms with Crippen molar-refractivity contribution in [2.24, 2.45) is 0 Å². The highest BCUT2D eigenvalue weighted by Gasteiger charge is 2.30. The van der Waals surface area contributed by atoms with Gasteiger partial charge in [0.05, 0.1) is 18.9 Å². The number of benzene rings is 1. The molecule has 1 aliphatic carbocycles. The topological polar surface area (TPSA) is 31.4 Å². The van der Waals surface area contributed by atoms with Gasteiger partial charge in [0.25, 0.3) is 0 Å². The van der Waals surface area contributed by atoms with Crippen LogP contribution in [0.2, 0.25) is 0 Å². The summed E-state index contributed by atoms with van der Waals surface area (Å²) in [5.41, 5.74) is 1.23. The van der Waals surface area contributed by atoms with Gasteiger partial charge in [-0.2, -0.15) is 13.2 Å². The van der Waals surface area contributed by atoms with Crippen LogP contribution in [0.25, 0.3) is 0 Å². The zero-order valence-electron chi connectivity index (χ0n) is 12.6. The molecule has 0 saturated carbocycles. The Hall–Kier alpha value is -2.24. The first-order chi connectivity index (χ1) is 11.0. The first-order valence-electron chi connectivity index (χ1n) is 7.39. The number of alkyl halides is 3. The average Bonchev–Trinajstić information content (AvgIpc) is 2.55. The molecule has 0 unspecified atom stereocenters. The minimum Gasteiger partial charge on any atom is -0.481 e. The van der Waals surface area contributed by atoms with E-state index in [1.807, 2.05) is 0 Å². The summed E-state index contributed by atoms with van der Waals surface area (Å²) in [6, 6.07) is 4.87. The fraction of sp³-hybridized carbons (Fsp3) is 0.353. The highest BCUT2D eigenvalue weighted by atomic mass is 19.4. The van der Waals surface area contributed by atoms with E-state index in [1.165, 1.54) is 18.3 Å². The fourth-order valence-electron chi connectivity index (χ4n) is 2.81. The van der Waals surface area contributed by atoms with Crippen LogP contribution in [0.3, 0.4) is 0 Å². The lowest BCUT2D eigenvalue weighted by Crippen LogP contribution is -2.08. The van der Waals surface area contributed by atoms with E-state index in [1.54, 1.807) is 7.11 Å². The van der Waals surface area contributed by atoms with Crippen molar-refractivity contribution >= 4 is 0 Å². The lowest BCUT2D eigenvalue weighted by atomic mass is 9.92. The van der Waals surface area contributed by atoms with Gasteiger partial charge in [0.15, 0.2) is 0 Å². The summed E-state index contributed by atoms with van der Waals surface area (Å²) in [5.74, 6) is 1.22. The predicted molar refractivity (Wildman–Crippen MR) is 78.9 cm³/mol. The first kappa shape index (κ1) is 15.6. The van der Waals surface area contributed by atoms with Gasteiger partial charge >= 0.3 is 6.18 Å². The summed E-state index contributed by atoms with van der Waals surface area (Å²) in [6.45, 7) is 0. The molecular formula is C17H16F3NO2. The molecule has 0 saturated heterocycles. The van der Waals surface area contributed by atoms with Crippen LogP contribution in [-0.2, 0) is 19.0 Å². The average molecular weight is 323 g/mol. The number of methoxy groups -OCH3 is 1. The van der Waals surface area contributed by atoms with Crippen LogP contribution in [0, 0.1) is 0 Å². The zero-order chi connectivity index (χ0) is 16.4. The highest BCUT2D eigenvalue weighted by molar-refractivity contribution is 5.47. The molecule has 122 valence electrons. The maximum atomic E-state index is 12.8. The molecule has 1 aromatic carbocycles. The quantitative estimate of drug-likeness (QED) is 0.814. The molecule has 0 atom stereocenters. The maximum Gasteiger partial charge on any atom is 0.416 e. The number of rotatable bonds is 3. The van der Waals surface area contributed by atoms with E-state index in [0.717, 1.165) is 48.9 Å². The fourth-order valence-corrected chi connectivity index (χ4v) is 2.81. The third kappa shape index (κ3) is 3.25. The van der Waals surface area contributed by atoms with Gasteiger partial charge in [0, 0.05) is 11.1 Å². The molecule has 0 N–H and O–H groups in total. The van der Waals surface area contributed by atoms with E-state index in [-0.39, 0.29) is 5.75 Å². The van der Waals surface area contributed by atoms with Crippen LogP contribution in [-0.4, -0.2) is 12.1 Å². The van der Waals surface area contributed by atoms with Gasteiger partial charge in [-0.05, 0) is 43.9 Å². The van der Waals surface area contributed by atoms with Gasteiger partial charge < -0.3 is 9.47 Å². The Balaban J connectivity index is 1.95. The highest BCUT2D eigenvalue weighted by Crippen LogP contribution is 2.37. The maximum absolute atomic E-state index is 12.8. The van der Waals surface area contributed by atoms with Gasteiger partial charge in [-0.1, -0.05) is 6.07 Å². The van der Waals surface area contributed by atoms with E-state index in [4.69, 9.17) is 9.47 Å². The summed E-state index contributed by atoms with van der Waals surface area (Å²) in [6.07, 6.45) is 0.825. The third-order valence-electron chi connectivity index (χ3n) is 3.90. The molecule has 1 heterocycles. The molecule has 3 nitrogen and oxygen atoms in total. The minimum atomic E-state index is -4.39. The van der Waals surface area contributed by atoms with Crippen molar-refractivity contribution in [3.8, 4) is 17.4 Å². The van der Waals surface area contributed by atoms with Crippen molar-refractivity contribution < 1.29 is 22.6 Å². The van der Waals surface area contributed by atoms with Crippen LogP contribution in [0.4, 0.5) is 13.2 Å². The molecule has 0 fully saturated rings. The Kier molecular flexibility index (Phi) is 4.15. The van der Waals surface area contributed by atoms with Crippen molar-refractivity contribution in [2.45, 2.75) is 31.9 Å². The summed E-state index contributed by atoms with van der Waals surface area (Å²) in [5, 5.41) is 0. The summed E-state index contributed by atoms with van der Waals surface area (Å²) in [7, 11) is 1.56. The molecule has 6 heteroatoms. The molecule has 0 aliphatic heterocycles. The molecule has 3 rings (SSSR count). The summed E-state index contributed by atoms with van der Waals surface area (Å²) < 4.78 is 49.3. The van der Waals surface area contributed by atoms with Crippen LogP contribution in [0.1, 0.15) is 29.5 Å². The Bertz CT molecular complexity index is 713. The van der Waals surface area contributed by atoms with Gasteiger partial charge in [-0.15, -0.1) is 0 Å². The molecule has 0 bridgehead atoms. The number of ether oxygens (including phenoxy) is 2. The largest absolute Gasteiger partial charge is 0.481 e. The van der Waals surface area contributed by atoms with E-state index in [0.29, 0.717) is 11.6 Å². The Morgan fingerprint density at radius 1 is 1.09 bits per heavy atom. The molecule has 0 amide bonds. The summed E-state index contributed by atoms with van der Waals surface area (Å²) >= 11 is 0. The minimum absolute atomic E-state index is 0.152. The van der Waals surface area contributed by atoms with Gasteiger partial charge in [0.2, 0.25) is 5.88 Å². The van der Waals surface area contributed by atoms with Crippen LogP contribution in [0.15, 0.2) is 30.5 Å². The van der Waals surface area contributed by atoms with E-state index in [2.05, 4.69) is 4.98 Å². The lowest BCUT2D eigenvalue weighted by molar-refractivity contribution is -0.137. The number of fused-ring (bicyclic) bond motifs is 1. The number of hydrogen-bond acceptors (Lipinski definition) is 3. The van der Waals surface area contributed by atoms with Crippen molar-refractivity contribution in [1.82, 2.24) is 4.98 Å². The van der Waals surface area contributed by atoms with Crippen LogP contribution in [0.5, 0.6) is 17.4 Å². The molecule has 0 radical (unpaired) electrons. The van der Waals surface area contributed by atoms with E-state index >= 15 is 0 Å². The normalized spacial score (nSPS) is 14.3. The lowest BCUT2D eigenvalue weighted by Gasteiger charge is -2.21. The Labute approximate surface area is 132 Å². The van der Waals surface area contributed by atoms with Crippen molar-refractivity contribution in [3.63, 3.8) is 0 Å². The van der Waals surface area contributed by atoms with E-state index in [9.17, 15) is 13.2 Å². The molecule has 1 aromatic heterocycles. The van der Waals surface area contributed by atoms with Gasteiger partial charge in [0.1, 0.15) is 11.5 Å². The van der Waals surface area contributed by atoms with Gasteiger partial charge in [-0.3, -0.25) is 0 Å². The zero-order valence-corrected chi connectivity index (χ0v) is 12.6. The van der Waals surface area contributed by atoms with Crippen molar-refractivity contribution in [2.75, 3.05) is 7.11 Å². The second-order valence-corrected chi connectivity index (χ2v) is 5.42. The molecule has 2 aromatic rings. The van der Waals surface area contributed by atoms with Crippen LogP contribution < -0.4 is 9.47 Å². The second-order valence-electron chi connectivity index (χ2n) is 5.42. The van der Waals surface area contributed by atoms with Crippen molar-refractivity contribution in [1.29, 1.82) is 0 Å². The first-order valence-corrected chi connectivity index (χ1v) is 7.39. The monoisotopic (exact) mass is 323 g/mol. The van der Waals surface area contributed by atoms with Crippen molar-refractivity contribution in [3.05, 3.63) is 47.2 Å². The molecular weight excluding hydrogens is 307 g/mol. The smallest absolute Gasteiger partial charge is 0.416 e. The number of aromatic nitrogens is 1. The number of hydrogen-bond donors (Lipinski definition) is 0. The number of nitrogens with zero attached hydrogens (tertiary/aromatic N) is 1. The Morgan fingerprint density at radius 3 is 2.52 bits per heavy atom. The standard InChI is InChI=1S/C17H16F3NO2/c1-22-16-14-8-3-2-7-13(14)15(10-21-16)23-12-6-4-5-11(9-12)17(18,19)20/h4-6,9-10H,2-3,7-8H2,1H3. The van der Waals surface area contributed by atoms with Crippen LogP contribution >= 0.6 is 0 Å². The van der Waals surface area contributed by atoms with Gasteiger partial charge in [-0.25, -0.2) is 4.98 Å². The van der Waals surface area contributed by atoms with E-state index < -0.39 is 11.7 Å². The number of halogens is 3. The number of pyridine rings is 1.